The second-order valence-electron chi connectivity index (χ2n) is 2.69. The molecule has 0 amide bonds. The lowest BCUT2D eigenvalue weighted by Gasteiger charge is -2.03. The van der Waals surface area contributed by atoms with Gasteiger partial charge in [-0.15, -0.1) is 0 Å². The van der Waals surface area contributed by atoms with Crippen LogP contribution in [0.25, 0.3) is 0 Å². The molecule has 0 bridgehead atoms. The number of hydrogen-bond acceptors (Lipinski definition) is 3. The number of aromatic nitrogens is 2. The summed E-state index contributed by atoms with van der Waals surface area (Å²) in [4.78, 5) is 11.3. The van der Waals surface area contributed by atoms with Gasteiger partial charge >= 0.3 is 5.69 Å². The molecule has 1 heterocycles. The Labute approximate surface area is 69.2 Å². The molecule has 5 nitrogen and oxygen atoms in total. The Morgan fingerprint density at radius 1 is 1.50 bits per heavy atom. The molecule has 1 N–H and O–H groups in total. The summed E-state index contributed by atoms with van der Waals surface area (Å²) in [5.41, 5.74) is 0.827. The minimum absolute atomic E-state index is 0.214. The second-order valence-corrected chi connectivity index (χ2v) is 2.69. The summed E-state index contributed by atoms with van der Waals surface area (Å²) in [7, 11) is 3.21. The molecule has 0 atom stereocenters. The van der Waals surface area contributed by atoms with Crippen LogP contribution < -0.4 is 11.2 Å². The van der Waals surface area contributed by atoms with Crippen LogP contribution in [0.15, 0.2) is 16.1 Å². The highest BCUT2D eigenvalue weighted by Crippen LogP contribution is 1.81. The standard InChI is InChI=1S/C7H11N3O2/c1-5-4-9(2)7(11)10(3)6(5)8-12/h4,12H,1-3H3/b8-6-. The van der Waals surface area contributed by atoms with Crippen LogP contribution in [0.1, 0.15) is 5.56 Å². The first-order valence-corrected chi connectivity index (χ1v) is 3.49. The maximum atomic E-state index is 11.3. The molecule has 12 heavy (non-hydrogen) atoms. The van der Waals surface area contributed by atoms with E-state index in [0.29, 0.717) is 0 Å². The fourth-order valence-corrected chi connectivity index (χ4v) is 1.14. The topological polar surface area (TPSA) is 59.5 Å². The van der Waals surface area contributed by atoms with Crippen molar-refractivity contribution in [2.45, 2.75) is 6.92 Å². The normalized spacial score (nSPS) is 12.1. The molecule has 0 spiro atoms. The highest BCUT2D eigenvalue weighted by molar-refractivity contribution is 5.00. The smallest absolute Gasteiger partial charge is 0.329 e. The monoisotopic (exact) mass is 169 g/mol. The van der Waals surface area contributed by atoms with Crippen molar-refractivity contribution in [3.05, 3.63) is 27.7 Å². The van der Waals surface area contributed by atoms with Crippen LogP contribution >= 0.6 is 0 Å². The van der Waals surface area contributed by atoms with Crippen molar-refractivity contribution >= 4 is 0 Å². The van der Waals surface area contributed by atoms with E-state index < -0.39 is 0 Å². The molecule has 0 unspecified atom stereocenters. The van der Waals surface area contributed by atoms with Crippen LogP contribution in [0.5, 0.6) is 0 Å². The highest BCUT2D eigenvalue weighted by atomic mass is 16.4. The maximum Gasteiger partial charge on any atom is 0.329 e. The van der Waals surface area contributed by atoms with Crippen molar-refractivity contribution in [2.24, 2.45) is 19.3 Å². The van der Waals surface area contributed by atoms with E-state index in [2.05, 4.69) is 5.16 Å². The lowest BCUT2D eigenvalue weighted by Crippen LogP contribution is -2.38. The summed E-state index contributed by atoms with van der Waals surface area (Å²) >= 11 is 0. The maximum absolute atomic E-state index is 11.3. The first kappa shape index (κ1) is 8.58. The molecule has 1 aromatic heterocycles. The predicted molar refractivity (Wildman–Crippen MR) is 42.7 cm³/mol. The summed E-state index contributed by atoms with van der Waals surface area (Å²) in [5, 5.41) is 11.6. The van der Waals surface area contributed by atoms with E-state index in [1.165, 1.54) is 9.13 Å². The van der Waals surface area contributed by atoms with Crippen molar-refractivity contribution in [3.63, 3.8) is 0 Å². The average molecular weight is 169 g/mol. The fourth-order valence-electron chi connectivity index (χ4n) is 1.14. The Kier molecular flexibility index (Phi) is 2.03. The molecule has 0 saturated heterocycles. The van der Waals surface area contributed by atoms with Crippen molar-refractivity contribution in [2.75, 3.05) is 0 Å². The van der Waals surface area contributed by atoms with Gasteiger partial charge in [0.15, 0.2) is 5.49 Å². The van der Waals surface area contributed by atoms with Gasteiger partial charge in [0.05, 0.1) is 0 Å². The molecule has 0 saturated carbocycles. The van der Waals surface area contributed by atoms with Gasteiger partial charge in [0, 0.05) is 25.9 Å². The molecule has 1 aromatic rings. The van der Waals surface area contributed by atoms with Gasteiger partial charge in [-0.25, -0.2) is 4.79 Å². The van der Waals surface area contributed by atoms with Crippen LogP contribution in [0.4, 0.5) is 0 Å². The number of nitrogens with zero attached hydrogens (tertiary/aromatic N) is 3. The van der Waals surface area contributed by atoms with Crippen LogP contribution in [0, 0.1) is 6.92 Å². The molecule has 0 radical (unpaired) electrons. The van der Waals surface area contributed by atoms with Crippen LogP contribution in [0.2, 0.25) is 0 Å². The Morgan fingerprint density at radius 3 is 2.58 bits per heavy atom. The quantitative estimate of drug-likeness (QED) is 0.413. The fraction of sp³-hybridized carbons (Fsp3) is 0.429. The summed E-state index contributed by atoms with van der Waals surface area (Å²) in [6.45, 7) is 1.77. The minimum atomic E-state index is -0.214. The summed E-state index contributed by atoms with van der Waals surface area (Å²) in [5.74, 6) is 0. The average Bonchev–Trinajstić information content (AvgIpc) is 2.01. The first-order chi connectivity index (χ1) is 5.57. The lowest BCUT2D eigenvalue weighted by atomic mass is 10.4. The van der Waals surface area contributed by atoms with Gasteiger partial charge < -0.3 is 9.77 Å². The summed E-state index contributed by atoms with van der Waals surface area (Å²) in [6.07, 6.45) is 1.62. The Hall–Kier alpha value is -1.52. The number of hydrogen-bond donors (Lipinski definition) is 1. The Balaban J connectivity index is 3.76. The van der Waals surface area contributed by atoms with Crippen LogP contribution in [0.3, 0.4) is 0 Å². The summed E-state index contributed by atoms with van der Waals surface area (Å²) < 4.78 is 2.72. The van der Waals surface area contributed by atoms with Crippen molar-refractivity contribution in [1.29, 1.82) is 0 Å². The van der Waals surface area contributed by atoms with E-state index in [4.69, 9.17) is 5.21 Å². The third-order valence-electron chi connectivity index (χ3n) is 1.74. The third kappa shape index (κ3) is 1.13. The van der Waals surface area contributed by atoms with E-state index in [-0.39, 0.29) is 11.2 Å². The second kappa shape index (κ2) is 2.84. The van der Waals surface area contributed by atoms with Gasteiger partial charge in [0.25, 0.3) is 0 Å². The van der Waals surface area contributed by atoms with E-state index >= 15 is 0 Å². The van der Waals surface area contributed by atoms with Crippen molar-refractivity contribution < 1.29 is 5.21 Å². The molecule has 0 aliphatic heterocycles. The molecule has 0 aliphatic rings. The van der Waals surface area contributed by atoms with E-state index in [9.17, 15) is 4.79 Å². The SMILES string of the molecule is Cc1cn(C)c(=O)n(C)/c1=N\O. The number of rotatable bonds is 0. The van der Waals surface area contributed by atoms with Gasteiger partial charge in [-0.05, 0) is 6.92 Å². The van der Waals surface area contributed by atoms with Gasteiger partial charge in [-0.1, -0.05) is 5.16 Å². The molecule has 5 heteroatoms. The third-order valence-corrected chi connectivity index (χ3v) is 1.74. The zero-order chi connectivity index (χ0) is 9.30. The largest absolute Gasteiger partial charge is 0.409 e. The van der Waals surface area contributed by atoms with Crippen molar-refractivity contribution in [3.8, 4) is 0 Å². The minimum Gasteiger partial charge on any atom is -0.409 e. The zero-order valence-electron chi connectivity index (χ0n) is 7.27. The van der Waals surface area contributed by atoms with Crippen LogP contribution in [-0.4, -0.2) is 14.3 Å². The molecule has 0 aliphatic carbocycles. The number of aryl methyl sites for hydroxylation is 2. The van der Waals surface area contributed by atoms with Gasteiger partial charge in [-0.3, -0.25) is 4.57 Å². The molecule has 1 rings (SSSR count). The van der Waals surface area contributed by atoms with E-state index in [0.717, 1.165) is 5.56 Å². The Bertz CT molecular complexity index is 414. The van der Waals surface area contributed by atoms with E-state index in [1.54, 1.807) is 27.2 Å². The summed E-state index contributed by atoms with van der Waals surface area (Å²) in [6, 6.07) is 0. The molecule has 66 valence electrons. The zero-order valence-corrected chi connectivity index (χ0v) is 7.27. The van der Waals surface area contributed by atoms with Gasteiger partial charge in [0.1, 0.15) is 0 Å². The first-order valence-electron chi connectivity index (χ1n) is 3.49. The lowest BCUT2D eigenvalue weighted by molar-refractivity contribution is 0.292. The molecular formula is C7H11N3O2. The van der Waals surface area contributed by atoms with Crippen LogP contribution in [-0.2, 0) is 14.1 Å². The van der Waals surface area contributed by atoms with Gasteiger partial charge in [-0.2, -0.15) is 0 Å². The predicted octanol–water partition coefficient (Wildman–Crippen LogP) is -0.678. The highest BCUT2D eigenvalue weighted by Gasteiger charge is 1.99. The molecule has 0 fully saturated rings. The Morgan fingerprint density at radius 2 is 2.08 bits per heavy atom. The molecule has 0 aromatic carbocycles. The van der Waals surface area contributed by atoms with Crippen molar-refractivity contribution in [1.82, 2.24) is 9.13 Å². The van der Waals surface area contributed by atoms with E-state index in [1.807, 2.05) is 0 Å². The van der Waals surface area contributed by atoms with Gasteiger partial charge in [0.2, 0.25) is 0 Å². The molecular weight excluding hydrogens is 158 g/mol.